The summed E-state index contributed by atoms with van der Waals surface area (Å²) in [4.78, 5) is 0. The van der Waals surface area contributed by atoms with E-state index in [-0.39, 0.29) is 0 Å². The van der Waals surface area contributed by atoms with Gasteiger partial charge in [-0.25, -0.2) is 0 Å². The highest BCUT2D eigenvalue weighted by molar-refractivity contribution is 5.57. The molecule has 0 spiro atoms. The van der Waals surface area contributed by atoms with Crippen LogP contribution >= 0.6 is 0 Å². The van der Waals surface area contributed by atoms with Gasteiger partial charge in [0.15, 0.2) is 0 Å². The number of rotatable bonds is 7. The summed E-state index contributed by atoms with van der Waals surface area (Å²) >= 11 is 0. The Labute approximate surface area is 138 Å². The maximum Gasteiger partial charge on any atom is -0.0161 e. The Kier molecular flexibility index (Phi) is 7.65. The Bertz CT molecular complexity index is 498. The van der Waals surface area contributed by atoms with Gasteiger partial charge in [-0.05, 0) is 68.6 Å². The van der Waals surface area contributed by atoms with Gasteiger partial charge in [0.25, 0.3) is 0 Å². The van der Waals surface area contributed by atoms with Crippen molar-refractivity contribution in [2.45, 2.75) is 67.2 Å². The molecule has 1 aliphatic rings. The molecule has 0 atom stereocenters. The van der Waals surface area contributed by atoms with Crippen LogP contribution in [0.25, 0.3) is 0 Å². The molecule has 1 aliphatic carbocycles. The van der Waals surface area contributed by atoms with Crippen molar-refractivity contribution in [1.82, 2.24) is 0 Å². The summed E-state index contributed by atoms with van der Waals surface area (Å²) in [5.41, 5.74) is 7.37. The Morgan fingerprint density at radius 1 is 1.18 bits per heavy atom. The summed E-state index contributed by atoms with van der Waals surface area (Å²) in [6.07, 6.45) is 13.8. The summed E-state index contributed by atoms with van der Waals surface area (Å²) in [6, 6.07) is 0. The molecule has 122 valence electrons. The lowest BCUT2D eigenvalue weighted by molar-refractivity contribution is 0.366. The molecule has 1 saturated carbocycles. The molecule has 0 N–H and O–H groups in total. The van der Waals surface area contributed by atoms with E-state index in [9.17, 15) is 0 Å². The van der Waals surface area contributed by atoms with Crippen LogP contribution in [0, 0.1) is 11.8 Å². The smallest absolute Gasteiger partial charge is 0.0161 e. The van der Waals surface area contributed by atoms with Gasteiger partial charge >= 0.3 is 0 Å². The average Bonchev–Trinajstić information content (AvgIpc) is 2.38. The molecule has 0 nitrogen and oxygen atoms in total. The molecule has 0 aromatic heterocycles. The van der Waals surface area contributed by atoms with Crippen molar-refractivity contribution < 1.29 is 0 Å². The molecular weight excluding hydrogens is 264 g/mol. The average molecular weight is 299 g/mol. The fraction of sp³-hybridized carbons (Fsp3) is 0.545. The zero-order valence-corrected chi connectivity index (χ0v) is 15.5. The SMILES string of the molecule is C=C/C=C\C(=C(C)C)C(/C(=C\CC)C(C)C)=C(/C)C1CCC1. The topological polar surface area (TPSA) is 0 Å². The summed E-state index contributed by atoms with van der Waals surface area (Å²) in [5.74, 6) is 1.33. The predicted octanol–water partition coefficient (Wildman–Crippen LogP) is 7.17. The van der Waals surface area contributed by atoms with Gasteiger partial charge in [-0.3, -0.25) is 0 Å². The van der Waals surface area contributed by atoms with Crippen LogP contribution in [-0.4, -0.2) is 0 Å². The first-order valence-electron chi connectivity index (χ1n) is 8.82. The third-order valence-corrected chi connectivity index (χ3v) is 4.65. The van der Waals surface area contributed by atoms with Crippen LogP contribution in [0.4, 0.5) is 0 Å². The van der Waals surface area contributed by atoms with E-state index in [2.05, 4.69) is 66.3 Å². The van der Waals surface area contributed by atoms with Gasteiger partial charge in [0.2, 0.25) is 0 Å². The van der Waals surface area contributed by atoms with Crippen LogP contribution in [0.2, 0.25) is 0 Å². The van der Waals surface area contributed by atoms with Crippen molar-refractivity contribution in [3.8, 4) is 0 Å². The van der Waals surface area contributed by atoms with Crippen LogP contribution < -0.4 is 0 Å². The summed E-state index contributed by atoms with van der Waals surface area (Å²) in [7, 11) is 0. The molecule has 0 aliphatic heterocycles. The highest BCUT2D eigenvalue weighted by Crippen LogP contribution is 2.40. The van der Waals surface area contributed by atoms with Gasteiger partial charge in [-0.15, -0.1) is 0 Å². The van der Waals surface area contributed by atoms with Crippen molar-refractivity contribution in [2.24, 2.45) is 11.8 Å². The molecular formula is C22H34. The molecule has 1 fully saturated rings. The Morgan fingerprint density at radius 2 is 1.82 bits per heavy atom. The normalized spacial score (nSPS) is 17.5. The molecule has 0 unspecified atom stereocenters. The first kappa shape index (κ1) is 18.7. The maximum atomic E-state index is 3.83. The van der Waals surface area contributed by atoms with Crippen LogP contribution in [-0.2, 0) is 0 Å². The summed E-state index contributed by atoms with van der Waals surface area (Å²) in [6.45, 7) is 17.5. The van der Waals surface area contributed by atoms with E-state index in [1.54, 1.807) is 5.57 Å². The highest BCUT2D eigenvalue weighted by atomic mass is 14.3. The van der Waals surface area contributed by atoms with E-state index < -0.39 is 0 Å². The quantitative estimate of drug-likeness (QED) is 0.437. The second kappa shape index (κ2) is 8.98. The van der Waals surface area contributed by atoms with Crippen LogP contribution in [0.3, 0.4) is 0 Å². The summed E-state index contributed by atoms with van der Waals surface area (Å²) < 4.78 is 0. The maximum absolute atomic E-state index is 3.83. The Balaban J connectivity index is 3.51. The zero-order chi connectivity index (χ0) is 16.7. The minimum atomic E-state index is 0.552. The van der Waals surface area contributed by atoms with E-state index in [0.29, 0.717) is 5.92 Å². The molecule has 0 amide bonds. The second-order valence-corrected chi connectivity index (χ2v) is 6.92. The second-order valence-electron chi connectivity index (χ2n) is 6.92. The standard InChI is InChI=1S/C22H34/c1-8-10-15-21(17(5)6)22(18(7)19-13-11-14-19)20(12-9-2)16(3)4/h8,10,12,15-16,19H,1,9,11,13-14H2,2-7H3/b15-10-,20-12-,22-18-. The van der Waals surface area contributed by atoms with Gasteiger partial charge in [0.1, 0.15) is 0 Å². The lowest BCUT2D eigenvalue weighted by Gasteiger charge is -2.31. The Morgan fingerprint density at radius 3 is 2.18 bits per heavy atom. The molecule has 0 aromatic carbocycles. The van der Waals surface area contributed by atoms with Gasteiger partial charge < -0.3 is 0 Å². The number of hydrogen-bond donors (Lipinski definition) is 0. The molecule has 0 heterocycles. The van der Waals surface area contributed by atoms with E-state index in [4.69, 9.17) is 0 Å². The minimum absolute atomic E-state index is 0.552. The van der Waals surface area contributed by atoms with Crippen molar-refractivity contribution in [3.05, 3.63) is 58.7 Å². The van der Waals surface area contributed by atoms with Crippen molar-refractivity contribution in [2.75, 3.05) is 0 Å². The number of hydrogen-bond acceptors (Lipinski definition) is 0. The molecule has 0 aromatic rings. The minimum Gasteiger partial charge on any atom is -0.0991 e. The molecule has 0 saturated heterocycles. The molecule has 0 heteroatoms. The highest BCUT2D eigenvalue weighted by Gasteiger charge is 2.25. The fourth-order valence-electron chi connectivity index (χ4n) is 3.15. The van der Waals surface area contributed by atoms with Crippen molar-refractivity contribution in [1.29, 1.82) is 0 Å². The van der Waals surface area contributed by atoms with Gasteiger partial charge in [0, 0.05) is 0 Å². The third kappa shape index (κ3) is 4.60. The third-order valence-electron chi connectivity index (χ3n) is 4.65. The number of allylic oxidation sites excluding steroid dienone is 9. The largest absolute Gasteiger partial charge is 0.0991 e. The van der Waals surface area contributed by atoms with Crippen molar-refractivity contribution in [3.63, 3.8) is 0 Å². The van der Waals surface area contributed by atoms with E-state index in [1.165, 1.54) is 41.6 Å². The first-order chi connectivity index (χ1) is 10.4. The van der Waals surface area contributed by atoms with E-state index in [1.807, 2.05) is 6.08 Å². The molecule has 22 heavy (non-hydrogen) atoms. The monoisotopic (exact) mass is 298 g/mol. The lowest BCUT2D eigenvalue weighted by Crippen LogP contribution is -2.16. The van der Waals surface area contributed by atoms with Crippen LogP contribution in [0.1, 0.15) is 67.2 Å². The van der Waals surface area contributed by atoms with E-state index >= 15 is 0 Å². The zero-order valence-electron chi connectivity index (χ0n) is 15.5. The van der Waals surface area contributed by atoms with Crippen molar-refractivity contribution >= 4 is 0 Å². The van der Waals surface area contributed by atoms with Crippen LogP contribution in [0.5, 0.6) is 0 Å². The van der Waals surface area contributed by atoms with E-state index in [0.717, 1.165) is 12.3 Å². The fourth-order valence-corrected chi connectivity index (χ4v) is 3.15. The van der Waals surface area contributed by atoms with Gasteiger partial charge in [0.05, 0.1) is 0 Å². The van der Waals surface area contributed by atoms with Gasteiger partial charge in [-0.1, -0.05) is 69.2 Å². The van der Waals surface area contributed by atoms with Crippen LogP contribution in [0.15, 0.2) is 58.7 Å². The van der Waals surface area contributed by atoms with Gasteiger partial charge in [-0.2, -0.15) is 0 Å². The molecule has 0 radical (unpaired) electrons. The molecule has 1 rings (SSSR count). The Hall–Kier alpha value is -1.30. The summed E-state index contributed by atoms with van der Waals surface area (Å²) in [5, 5.41) is 0. The molecule has 0 bridgehead atoms. The predicted molar refractivity (Wildman–Crippen MR) is 101 cm³/mol. The lowest BCUT2D eigenvalue weighted by atomic mass is 9.74. The first-order valence-corrected chi connectivity index (χ1v) is 8.82.